The van der Waals surface area contributed by atoms with Crippen LogP contribution in [0.5, 0.6) is 0 Å². The third kappa shape index (κ3) is 4.28. The van der Waals surface area contributed by atoms with Gasteiger partial charge in [0.15, 0.2) is 0 Å². The van der Waals surface area contributed by atoms with Crippen LogP contribution in [0.4, 0.5) is 19.1 Å². The summed E-state index contributed by atoms with van der Waals surface area (Å²) in [7, 11) is 0. The van der Waals surface area contributed by atoms with Crippen LogP contribution in [0, 0.1) is 0 Å². The number of aromatic nitrogens is 2. The molecule has 6 nitrogen and oxygen atoms in total. The van der Waals surface area contributed by atoms with Crippen molar-refractivity contribution in [2.24, 2.45) is 0 Å². The summed E-state index contributed by atoms with van der Waals surface area (Å²) in [5.74, 6) is -1.01. The van der Waals surface area contributed by atoms with Gasteiger partial charge in [-0.05, 0) is 18.9 Å². The van der Waals surface area contributed by atoms with Gasteiger partial charge in [0, 0.05) is 19.3 Å². The first-order chi connectivity index (χ1) is 9.86. The number of hydrogen-bond acceptors (Lipinski definition) is 5. The number of rotatable bonds is 4. The number of carboxylic acid groups (broad SMARTS) is 1. The molecule has 0 saturated carbocycles. The fourth-order valence-electron chi connectivity index (χ4n) is 2.07. The molecule has 0 amide bonds. The summed E-state index contributed by atoms with van der Waals surface area (Å²) in [4.78, 5) is 19.4. The lowest BCUT2D eigenvalue weighted by Gasteiger charge is -2.31. The van der Waals surface area contributed by atoms with Crippen molar-refractivity contribution in [2.75, 3.05) is 24.6 Å². The summed E-state index contributed by atoms with van der Waals surface area (Å²) in [5, 5.41) is 8.52. The van der Waals surface area contributed by atoms with Crippen molar-refractivity contribution in [2.45, 2.75) is 25.1 Å². The quantitative estimate of drug-likeness (QED) is 0.910. The Morgan fingerprint density at radius 1 is 1.43 bits per heavy atom. The van der Waals surface area contributed by atoms with E-state index in [9.17, 15) is 18.0 Å². The van der Waals surface area contributed by atoms with E-state index in [2.05, 4.69) is 9.97 Å². The van der Waals surface area contributed by atoms with Crippen LogP contribution >= 0.6 is 0 Å². The number of anilines is 1. The van der Waals surface area contributed by atoms with E-state index in [1.165, 1.54) is 0 Å². The third-order valence-electron chi connectivity index (χ3n) is 3.10. The molecule has 21 heavy (non-hydrogen) atoms. The molecular weight excluding hydrogens is 291 g/mol. The molecule has 1 aromatic heterocycles. The Hall–Kier alpha value is -1.90. The molecule has 1 saturated heterocycles. The van der Waals surface area contributed by atoms with Crippen molar-refractivity contribution in [3.8, 4) is 0 Å². The zero-order chi connectivity index (χ0) is 15.5. The topological polar surface area (TPSA) is 75.6 Å². The Morgan fingerprint density at radius 2 is 2.10 bits per heavy atom. The standard InChI is InChI=1S/C12H14F3N3O3/c13-12(14,15)9-1-4-16-11(17-9)18-5-2-8(3-6-18)21-7-10(19)20/h1,4,8H,2-3,5-7H2,(H,19,20). The van der Waals surface area contributed by atoms with E-state index in [1.54, 1.807) is 4.90 Å². The van der Waals surface area contributed by atoms with Crippen molar-refractivity contribution in [3.63, 3.8) is 0 Å². The summed E-state index contributed by atoms with van der Waals surface area (Å²) in [6.07, 6.45) is -2.58. The molecular formula is C12H14F3N3O3. The van der Waals surface area contributed by atoms with Gasteiger partial charge in [0.1, 0.15) is 12.3 Å². The molecule has 0 aliphatic carbocycles. The SMILES string of the molecule is O=C(O)COC1CCN(c2nccc(C(F)(F)F)n2)CC1. The van der Waals surface area contributed by atoms with Crippen LogP contribution in [0.2, 0.25) is 0 Å². The minimum Gasteiger partial charge on any atom is -0.480 e. The lowest BCUT2D eigenvalue weighted by molar-refractivity contribution is -0.144. The Bertz CT molecular complexity index is 502. The maximum atomic E-state index is 12.6. The second-order valence-electron chi connectivity index (χ2n) is 4.63. The summed E-state index contributed by atoms with van der Waals surface area (Å²) >= 11 is 0. The minimum atomic E-state index is -4.50. The fraction of sp³-hybridized carbons (Fsp3) is 0.583. The van der Waals surface area contributed by atoms with E-state index < -0.39 is 17.8 Å². The van der Waals surface area contributed by atoms with Crippen molar-refractivity contribution in [1.82, 2.24) is 9.97 Å². The monoisotopic (exact) mass is 305 g/mol. The van der Waals surface area contributed by atoms with Gasteiger partial charge in [0.05, 0.1) is 6.10 Å². The number of halogens is 3. The molecule has 9 heteroatoms. The Labute approximate surface area is 118 Å². The number of carbonyl (C=O) groups is 1. The summed E-state index contributed by atoms with van der Waals surface area (Å²) in [6, 6.07) is 0.826. The molecule has 0 bridgehead atoms. The van der Waals surface area contributed by atoms with Gasteiger partial charge in [-0.25, -0.2) is 14.8 Å². The van der Waals surface area contributed by atoms with E-state index in [0.29, 0.717) is 25.9 Å². The van der Waals surface area contributed by atoms with Crippen molar-refractivity contribution >= 4 is 11.9 Å². The second-order valence-corrected chi connectivity index (χ2v) is 4.63. The zero-order valence-electron chi connectivity index (χ0n) is 11.0. The van der Waals surface area contributed by atoms with Crippen LogP contribution < -0.4 is 4.90 Å². The number of carboxylic acids is 1. The molecule has 0 radical (unpaired) electrons. The highest BCUT2D eigenvalue weighted by atomic mass is 19.4. The molecule has 0 unspecified atom stereocenters. The van der Waals surface area contributed by atoms with Crippen molar-refractivity contribution in [1.29, 1.82) is 0 Å². The van der Waals surface area contributed by atoms with Gasteiger partial charge < -0.3 is 14.7 Å². The average molecular weight is 305 g/mol. The molecule has 1 aliphatic heterocycles. The normalized spacial score (nSPS) is 17.0. The zero-order valence-corrected chi connectivity index (χ0v) is 11.0. The van der Waals surface area contributed by atoms with Gasteiger partial charge in [-0.15, -0.1) is 0 Å². The first-order valence-corrected chi connectivity index (χ1v) is 6.35. The van der Waals surface area contributed by atoms with Gasteiger partial charge in [-0.3, -0.25) is 0 Å². The van der Waals surface area contributed by atoms with Crippen LogP contribution in [0.3, 0.4) is 0 Å². The first kappa shape index (κ1) is 15.5. The molecule has 1 aliphatic rings. The smallest absolute Gasteiger partial charge is 0.433 e. The highest BCUT2D eigenvalue weighted by Gasteiger charge is 2.33. The molecule has 116 valence electrons. The maximum absolute atomic E-state index is 12.6. The molecule has 0 spiro atoms. The maximum Gasteiger partial charge on any atom is 0.433 e. The molecule has 0 aromatic carbocycles. The molecule has 0 atom stereocenters. The number of alkyl halides is 3. The van der Waals surface area contributed by atoms with E-state index in [0.717, 1.165) is 12.3 Å². The molecule has 1 N–H and O–H groups in total. The van der Waals surface area contributed by atoms with Gasteiger partial charge in [0.25, 0.3) is 0 Å². The van der Waals surface area contributed by atoms with Crippen LogP contribution in [-0.2, 0) is 15.7 Å². The van der Waals surface area contributed by atoms with E-state index in [-0.39, 0.29) is 18.7 Å². The van der Waals surface area contributed by atoms with Crippen molar-refractivity contribution in [3.05, 3.63) is 18.0 Å². The van der Waals surface area contributed by atoms with Gasteiger partial charge in [-0.2, -0.15) is 13.2 Å². The third-order valence-corrected chi connectivity index (χ3v) is 3.10. The van der Waals surface area contributed by atoms with Crippen LogP contribution in [0.25, 0.3) is 0 Å². The summed E-state index contributed by atoms with van der Waals surface area (Å²) in [6.45, 7) is 0.474. The Balaban J connectivity index is 1.95. The largest absolute Gasteiger partial charge is 0.480 e. The molecule has 2 rings (SSSR count). The number of piperidine rings is 1. The van der Waals surface area contributed by atoms with E-state index >= 15 is 0 Å². The van der Waals surface area contributed by atoms with E-state index in [4.69, 9.17) is 9.84 Å². The lowest BCUT2D eigenvalue weighted by Crippen LogP contribution is -2.38. The number of aliphatic carboxylic acids is 1. The van der Waals surface area contributed by atoms with Gasteiger partial charge in [0.2, 0.25) is 5.95 Å². The Morgan fingerprint density at radius 3 is 2.67 bits per heavy atom. The van der Waals surface area contributed by atoms with Gasteiger partial charge in [-0.1, -0.05) is 0 Å². The second kappa shape index (κ2) is 6.25. The highest BCUT2D eigenvalue weighted by Crippen LogP contribution is 2.28. The van der Waals surface area contributed by atoms with Crippen LogP contribution in [-0.4, -0.2) is 46.8 Å². The molecule has 1 aromatic rings. The molecule has 2 heterocycles. The van der Waals surface area contributed by atoms with E-state index in [1.807, 2.05) is 0 Å². The summed E-state index contributed by atoms with van der Waals surface area (Å²) in [5.41, 5.74) is -0.975. The first-order valence-electron chi connectivity index (χ1n) is 6.35. The molecule has 1 fully saturated rings. The number of hydrogen-bond donors (Lipinski definition) is 1. The predicted octanol–water partition coefficient (Wildman–Crippen LogP) is 1.57. The van der Waals surface area contributed by atoms with Crippen molar-refractivity contribution < 1.29 is 27.8 Å². The highest BCUT2D eigenvalue weighted by molar-refractivity contribution is 5.68. The fourth-order valence-corrected chi connectivity index (χ4v) is 2.07. The number of nitrogens with zero attached hydrogens (tertiary/aromatic N) is 3. The lowest BCUT2D eigenvalue weighted by atomic mass is 10.1. The van der Waals surface area contributed by atoms with Crippen LogP contribution in [0.1, 0.15) is 18.5 Å². The average Bonchev–Trinajstić information content (AvgIpc) is 2.45. The minimum absolute atomic E-state index is 0.0292. The van der Waals surface area contributed by atoms with Gasteiger partial charge >= 0.3 is 12.1 Å². The Kier molecular flexibility index (Phi) is 4.61. The summed E-state index contributed by atoms with van der Waals surface area (Å²) < 4.78 is 42.9. The predicted molar refractivity (Wildman–Crippen MR) is 65.9 cm³/mol. The number of ether oxygens (including phenoxy) is 1. The van der Waals surface area contributed by atoms with Crippen LogP contribution in [0.15, 0.2) is 12.3 Å².